The fraction of sp³-hybridized carbons (Fsp3) is 0.581. The van der Waals surface area contributed by atoms with Crippen LogP contribution in [0.25, 0.3) is 5.76 Å². The summed E-state index contributed by atoms with van der Waals surface area (Å²) in [6, 6.07) is 2.61. The fourth-order valence-corrected chi connectivity index (χ4v) is 8.06. The number of hydrogen-bond acceptors (Lipinski definition) is 10. The summed E-state index contributed by atoms with van der Waals surface area (Å²) in [4.78, 5) is 43.8. The van der Waals surface area contributed by atoms with Gasteiger partial charge in [-0.1, -0.05) is 26.8 Å². The molecule has 3 aliphatic carbocycles. The molecule has 5 rings (SSSR count). The number of hydrogen-bond donors (Lipinski definition) is 6. The van der Waals surface area contributed by atoms with Crippen molar-refractivity contribution in [1.82, 2.24) is 9.80 Å². The average molecular weight is 583 g/mol. The first-order valence-electron chi connectivity index (χ1n) is 14.8. The molecule has 6 atom stereocenters. The average Bonchev–Trinajstić information content (AvgIpc) is 2.92. The molecule has 2 fully saturated rings. The van der Waals surface area contributed by atoms with Crippen LogP contribution in [-0.2, 0) is 14.4 Å². The number of aromatic hydroxyl groups is 1. The van der Waals surface area contributed by atoms with Crippen molar-refractivity contribution in [1.29, 1.82) is 0 Å². The molecule has 42 heavy (non-hydrogen) atoms. The summed E-state index contributed by atoms with van der Waals surface area (Å²) in [5.41, 5.74) is 2.94. The number of fused-ring (bicyclic) bond motifs is 3. The van der Waals surface area contributed by atoms with Crippen LogP contribution >= 0.6 is 0 Å². The van der Waals surface area contributed by atoms with E-state index in [-0.39, 0.29) is 22.9 Å². The summed E-state index contributed by atoms with van der Waals surface area (Å²) in [5, 5.41) is 49.6. The minimum absolute atomic E-state index is 0.0967. The third kappa shape index (κ3) is 4.24. The van der Waals surface area contributed by atoms with Crippen molar-refractivity contribution in [3.05, 3.63) is 40.2 Å². The SMILES string of the molecule is CCCN1CCC(Nc2ccc3c(c2O)C(O)=C2C(=O)[C@]4(O)C(O)=C(C(N)=O)C(=O)[C@@H](N(C)C)[C@@H]4[C@@H](C)[C@@H]2[C@H]3C)CC1. The Bertz CT molecular complexity index is 1390. The van der Waals surface area contributed by atoms with Gasteiger partial charge in [-0.05, 0) is 63.4 Å². The van der Waals surface area contributed by atoms with Crippen LogP contribution < -0.4 is 11.1 Å². The molecule has 0 radical (unpaired) electrons. The molecule has 7 N–H and O–H groups in total. The number of phenols is 1. The Kier molecular flexibility index (Phi) is 7.66. The number of Topliss-reactive ketones (excluding diaryl/α,β-unsaturated/α-hetero) is 2. The molecule has 1 saturated heterocycles. The maximum atomic E-state index is 14.2. The second kappa shape index (κ2) is 10.7. The molecular formula is C31H42N4O7. The van der Waals surface area contributed by atoms with Gasteiger partial charge in [-0.2, -0.15) is 0 Å². The largest absolute Gasteiger partial charge is 0.508 e. The molecule has 0 spiro atoms. The van der Waals surface area contributed by atoms with Crippen LogP contribution in [0.3, 0.4) is 0 Å². The van der Waals surface area contributed by atoms with Gasteiger partial charge in [0, 0.05) is 36.5 Å². The summed E-state index contributed by atoms with van der Waals surface area (Å²) in [5.74, 6) is -7.60. The minimum Gasteiger partial charge on any atom is -0.508 e. The molecular weight excluding hydrogens is 540 g/mol. The Hall–Kier alpha value is -3.41. The number of primary amides is 1. The number of anilines is 1. The van der Waals surface area contributed by atoms with Crippen LogP contribution in [0.2, 0.25) is 0 Å². The van der Waals surface area contributed by atoms with E-state index in [1.165, 1.54) is 4.90 Å². The molecule has 0 bridgehead atoms. The first kappa shape index (κ1) is 30.1. The van der Waals surface area contributed by atoms with Crippen LogP contribution in [0, 0.1) is 17.8 Å². The van der Waals surface area contributed by atoms with Gasteiger partial charge in [0.1, 0.15) is 22.8 Å². The second-order valence-corrected chi connectivity index (χ2v) is 12.6. The third-order valence-electron chi connectivity index (χ3n) is 10.0. The van der Waals surface area contributed by atoms with Gasteiger partial charge >= 0.3 is 0 Å². The molecule has 11 nitrogen and oxygen atoms in total. The van der Waals surface area contributed by atoms with E-state index in [0.29, 0.717) is 11.3 Å². The molecule has 11 heteroatoms. The number of rotatable bonds is 6. The van der Waals surface area contributed by atoms with Crippen LogP contribution in [0.4, 0.5) is 5.69 Å². The Morgan fingerprint density at radius 3 is 2.36 bits per heavy atom. The Morgan fingerprint density at radius 1 is 1.14 bits per heavy atom. The lowest BCUT2D eigenvalue weighted by Crippen LogP contribution is -2.68. The van der Waals surface area contributed by atoms with Crippen molar-refractivity contribution in [2.24, 2.45) is 23.5 Å². The highest BCUT2D eigenvalue weighted by Gasteiger charge is 2.67. The minimum atomic E-state index is -2.68. The van der Waals surface area contributed by atoms with Crippen LogP contribution in [0.5, 0.6) is 5.75 Å². The van der Waals surface area contributed by atoms with Crippen molar-refractivity contribution in [3.63, 3.8) is 0 Å². The number of amides is 1. The van der Waals surface area contributed by atoms with Crippen molar-refractivity contribution in [2.75, 3.05) is 39.0 Å². The molecule has 1 heterocycles. The quantitative estimate of drug-likeness (QED) is 0.215. The number of carbonyl (C=O) groups is 3. The predicted molar refractivity (Wildman–Crippen MR) is 157 cm³/mol. The fourth-order valence-electron chi connectivity index (χ4n) is 8.06. The first-order chi connectivity index (χ1) is 19.8. The molecule has 1 aromatic carbocycles. The number of aliphatic hydroxyl groups is 3. The Labute approximate surface area is 245 Å². The number of piperidine rings is 1. The highest BCUT2D eigenvalue weighted by molar-refractivity contribution is 6.24. The smallest absolute Gasteiger partial charge is 0.255 e. The van der Waals surface area contributed by atoms with E-state index in [0.717, 1.165) is 38.9 Å². The maximum absolute atomic E-state index is 14.2. The van der Waals surface area contributed by atoms with Gasteiger partial charge in [-0.3, -0.25) is 19.3 Å². The lowest BCUT2D eigenvalue weighted by atomic mass is 9.51. The molecule has 1 amide bonds. The van der Waals surface area contributed by atoms with Crippen molar-refractivity contribution in [3.8, 4) is 5.75 Å². The molecule has 0 unspecified atom stereocenters. The van der Waals surface area contributed by atoms with Crippen LogP contribution in [0.1, 0.15) is 57.1 Å². The normalized spacial score (nSPS) is 32.1. The molecule has 0 aromatic heterocycles. The monoisotopic (exact) mass is 582 g/mol. The van der Waals surface area contributed by atoms with Crippen LogP contribution in [0.15, 0.2) is 29.0 Å². The molecule has 1 aliphatic heterocycles. The highest BCUT2D eigenvalue weighted by Crippen LogP contribution is 2.58. The number of carbonyl (C=O) groups excluding carboxylic acids is 3. The van der Waals surface area contributed by atoms with Crippen molar-refractivity contribution >= 4 is 28.9 Å². The zero-order valence-corrected chi connectivity index (χ0v) is 24.8. The van der Waals surface area contributed by atoms with Crippen LogP contribution in [-0.4, -0.2) is 99.1 Å². The second-order valence-electron chi connectivity index (χ2n) is 12.6. The number of phenolic OH excluding ortho intramolecular Hbond substituents is 1. The molecule has 1 aromatic rings. The Morgan fingerprint density at radius 2 is 1.79 bits per heavy atom. The standard InChI is InChI=1S/C31H42N4O7/c1-6-11-35-12-9-16(10-13-35)33-18-8-7-17-14(2)19-15(3)23-24(34(4)5)27(38)22(30(32)41)29(40)31(23,42)28(39)21(19)26(37)20(17)25(18)36/h7-8,14-16,19,23-24,33,36-37,40,42H,6,9-13H2,1-5H3,(H2,32,41)/t14-,15-,19-,23-,24-,31-/m0/s1. The van der Waals surface area contributed by atoms with E-state index in [4.69, 9.17) is 5.73 Å². The number of likely N-dealkylation sites (tertiary alicyclic amines) is 1. The predicted octanol–water partition coefficient (Wildman–Crippen LogP) is 2.06. The Balaban J connectivity index is 1.60. The van der Waals surface area contributed by atoms with Crippen molar-refractivity contribution < 1.29 is 34.8 Å². The van der Waals surface area contributed by atoms with Gasteiger partial charge < -0.3 is 36.4 Å². The zero-order chi connectivity index (χ0) is 30.8. The number of nitrogens with one attached hydrogen (secondary N) is 1. The van der Waals surface area contributed by atoms with E-state index in [9.17, 15) is 34.8 Å². The topological polar surface area (TPSA) is 177 Å². The summed E-state index contributed by atoms with van der Waals surface area (Å²) in [7, 11) is 3.17. The van der Waals surface area contributed by atoms with E-state index >= 15 is 0 Å². The molecule has 4 aliphatic rings. The summed E-state index contributed by atoms with van der Waals surface area (Å²) in [6.45, 7) is 8.72. The lowest BCUT2D eigenvalue weighted by molar-refractivity contribution is -0.160. The van der Waals surface area contributed by atoms with E-state index in [2.05, 4.69) is 17.1 Å². The van der Waals surface area contributed by atoms with Gasteiger partial charge in [0.15, 0.2) is 11.4 Å². The van der Waals surface area contributed by atoms with E-state index in [1.54, 1.807) is 27.1 Å². The van der Waals surface area contributed by atoms with Gasteiger partial charge in [0.05, 0.1) is 17.3 Å². The molecule has 1 saturated carbocycles. The molecule has 228 valence electrons. The lowest BCUT2D eigenvalue weighted by Gasteiger charge is -2.54. The number of nitrogens with zero attached hydrogens (tertiary/aromatic N) is 2. The number of ketones is 2. The zero-order valence-electron chi connectivity index (χ0n) is 24.8. The number of nitrogens with two attached hydrogens (primary N) is 1. The van der Waals surface area contributed by atoms with Gasteiger partial charge in [0.2, 0.25) is 5.78 Å². The van der Waals surface area contributed by atoms with Gasteiger partial charge in [-0.25, -0.2) is 0 Å². The summed E-state index contributed by atoms with van der Waals surface area (Å²) in [6.07, 6.45) is 2.88. The maximum Gasteiger partial charge on any atom is 0.255 e. The van der Waals surface area contributed by atoms with Crippen molar-refractivity contribution in [2.45, 2.75) is 63.6 Å². The number of benzene rings is 1. The van der Waals surface area contributed by atoms with Gasteiger partial charge in [-0.15, -0.1) is 0 Å². The third-order valence-corrected chi connectivity index (χ3v) is 10.0. The number of aliphatic hydroxyl groups excluding tert-OH is 2. The summed E-state index contributed by atoms with van der Waals surface area (Å²) < 4.78 is 0. The summed E-state index contributed by atoms with van der Waals surface area (Å²) >= 11 is 0. The number of likely N-dealkylation sites (N-methyl/N-ethyl adjacent to an activating group) is 1. The van der Waals surface area contributed by atoms with E-state index in [1.807, 2.05) is 13.0 Å². The van der Waals surface area contributed by atoms with Gasteiger partial charge in [0.25, 0.3) is 5.91 Å². The first-order valence-corrected chi connectivity index (χ1v) is 14.8. The van der Waals surface area contributed by atoms with E-state index < -0.39 is 69.9 Å². The highest BCUT2D eigenvalue weighted by atomic mass is 16.3.